The van der Waals surface area contributed by atoms with Crippen molar-refractivity contribution >= 4 is 0 Å². The van der Waals surface area contributed by atoms with Gasteiger partial charge >= 0.3 is 0 Å². The van der Waals surface area contributed by atoms with Crippen molar-refractivity contribution in [3.8, 4) is 0 Å². The van der Waals surface area contributed by atoms with E-state index in [1.165, 1.54) is 36.8 Å². The van der Waals surface area contributed by atoms with Crippen molar-refractivity contribution in [2.45, 2.75) is 71.3 Å². The first-order valence-corrected chi connectivity index (χ1v) is 6.85. The van der Waals surface area contributed by atoms with Crippen LogP contribution in [0, 0.1) is 0 Å². The maximum Gasteiger partial charge on any atom is 0.0961 e. The number of unbranched alkanes of at least 4 members (excludes halogenated alkanes) is 4. The average molecular weight is 222 g/mol. The third kappa shape index (κ3) is 4.13. The Hall–Kier alpha value is -0.560. The molecule has 0 aliphatic heterocycles. The summed E-state index contributed by atoms with van der Waals surface area (Å²) in [5.41, 5.74) is 2.52. The van der Waals surface area contributed by atoms with E-state index in [9.17, 15) is 5.11 Å². The molecule has 0 amide bonds. The average Bonchev–Trinajstić information content (AvgIpc) is 2.62. The Bertz CT molecular complexity index is 224. The second-order valence-electron chi connectivity index (χ2n) is 4.75. The van der Waals surface area contributed by atoms with Crippen molar-refractivity contribution in [1.82, 2.24) is 0 Å². The van der Waals surface area contributed by atoms with Crippen molar-refractivity contribution in [2.24, 2.45) is 0 Å². The molecule has 92 valence electrons. The fourth-order valence-corrected chi connectivity index (χ4v) is 2.21. The molecule has 1 unspecified atom stereocenters. The van der Waals surface area contributed by atoms with Crippen LogP contribution in [0.1, 0.15) is 65.2 Å². The first-order valence-electron chi connectivity index (χ1n) is 6.85. The summed E-state index contributed by atoms with van der Waals surface area (Å²) in [5, 5.41) is 10.1. The van der Waals surface area contributed by atoms with Gasteiger partial charge in [-0.25, -0.2) is 0 Å². The van der Waals surface area contributed by atoms with E-state index in [2.05, 4.69) is 26.0 Å². The lowest BCUT2D eigenvalue weighted by Gasteiger charge is -2.06. The number of hydrogen-bond donors (Lipinski definition) is 1. The third-order valence-electron chi connectivity index (χ3n) is 3.33. The summed E-state index contributed by atoms with van der Waals surface area (Å²) in [7, 11) is 0. The van der Waals surface area contributed by atoms with Gasteiger partial charge in [0.2, 0.25) is 0 Å². The molecule has 1 nitrogen and oxygen atoms in total. The van der Waals surface area contributed by atoms with Crippen LogP contribution in [-0.2, 0) is 0 Å². The molecule has 0 bridgehead atoms. The number of hydrogen-bond acceptors (Lipinski definition) is 1. The SMILES string of the molecule is CCCC/C=C1/CC/C(=C\CCCC)C1O. The molecule has 0 aromatic carbocycles. The molecule has 1 N–H and O–H groups in total. The van der Waals surface area contributed by atoms with Crippen LogP contribution in [0.5, 0.6) is 0 Å². The van der Waals surface area contributed by atoms with Gasteiger partial charge in [-0.2, -0.15) is 0 Å². The van der Waals surface area contributed by atoms with Gasteiger partial charge < -0.3 is 5.11 Å². The van der Waals surface area contributed by atoms with Crippen molar-refractivity contribution in [3.05, 3.63) is 23.3 Å². The molecule has 0 heterocycles. The van der Waals surface area contributed by atoms with Gasteiger partial charge in [-0.1, -0.05) is 51.7 Å². The highest BCUT2D eigenvalue weighted by Crippen LogP contribution is 2.31. The molecule has 0 radical (unpaired) electrons. The van der Waals surface area contributed by atoms with E-state index in [1.807, 2.05) is 0 Å². The highest BCUT2D eigenvalue weighted by Gasteiger charge is 2.22. The Balaban J connectivity index is 2.43. The summed E-state index contributed by atoms with van der Waals surface area (Å²) in [4.78, 5) is 0. The molecular formula is C15H26O. The van der Waals surface area contributed by atoms with Crippen molar-refractivity contribution < 1.29 is 5.11 Å². The highest BCUT2D eigenvalue weighted by molar-refractivity contribution is 5.30. The summed E-state index contributed by atoms with van der Waals surface area (Å²) in [6.45, 7) is 4.42. The standard InChI is InChI=1S/C15H26O/c1-3-5-7-9-13-11-12-14(15(13)16)10-8-6-4-2/h9-10,15-16H,3-8,11-12H2,1-2H3/b13-9-,14-10+. The highest BCUT2D eigenvalue weighted by atomic mass is 16.3. The van der Waals surface area contributed by atoms with Crippen LogP contribution in [-0.4, -0.2) is 11.2 Å². The summed E-state index contributed by atoms with van der Waals surface area (Å²) in [6.07, 6.45) is 13.6. The number of aliphatic hydroxyl groups excluding tert-OH is 1. The van der Waals surface area contributed by atoms with Crippen LogP contribution in [0.25, 0.3) is 0 Å². The van der Waals surface area contributed by atoms with Crippen molar-refractivity contribution in [1.29, 1.82) is 0 Å². The molecule has 1 atom stereocenters. The van der Waals surface area contributed by atoms with Crippen LogP contribution < -0.4 is 0 Å². The van der Waals surface area contributed by atoms with E-state index in [-0.39, 0.29) is 6.10 Å². The van der Waals surface area contributed by atoms with Gasteiger partial charge in [0.25, 0.3) is 0 Å². The predicted octanol–water partition coefficient (Wildman–Crippen LogP) is 4.37. The largest absolute Gasteiger partial charge is 0.384 e. The quantitative estimate of drug-likeness (QED) is 0.522. The first-order chi connectivity index (χ1) is 7.79. The van der Waals surface area contributed by atoms with E-state index in [1.54, 1.807) is 0 Å². The zero-order chi connectivity index (χ0) is 11.8. The van der Waals surface area contributed by atoms with E-state index < -0.39 is 0 Å². The lowest BCUT2D eigenvalue weighted by atomic mass is 10.1. The Labute approximate surface area is 100 Å². The fraction of sp³-hybridized carbons (Fsp3) is 0.733. The summed E-state index contributed by atoms with van der Waals surface area (Å²) in [6, 6.07) is 0. The molecule has 1 aliphatic carbocycles. The number of rotatable bonds is 6. The minimum atomic E-state index is -0.256. The Kier molecular flexibility index (Phi) is 6.47. The van der Waals surface area contributed by atoms with Gasteiger partial charge in [0, 0.05) is 0 Å². The maximum atomic E-state index is 10.1. The lowest BCUT2D eigenvalue weighted by Crippen LogP contribution is -2.05. The maximum absolute atomic E-state index is 10.1. The molecule has 0 saturated heterocycles. The van der Waals surface area contributed by atoms with Crippen LogP contribution >= 0.6 is 0 Å². The topological polar surface area (TPSA) is 20.2 Å². The van der Waals surface area contributed by atoms with Gasteiger partial charge in [-0.3, -0.25) is 0 Å². The molecule has 1 saturated carbocycles. The predicted molar refractivity (Wildman–Crippen MR) is 70.5 cm³/mol. The fourth-order valence-electron chi connectivity index (χ4n) is 2.21. The Morgan fingerprint density at radius 3 is 1.81 bits per heavy atom. The molecule has 0 aromatic heterocycles. The molecule has 1 rings (SSSR count). The summed E-state index contributed by atoms with van der Waals surface area (Å²) >= 11 is 0. The van der Waals surface area contributed by atoms with Crippen molar-refractivity contribution in [2.75, 3.05) is 0 Å². The monoisotopic (exact) mass is 222 g/mol. The van der Waals surface area contributed by atoms with Crippen LogP contribution in [0.15, 0.2) is 23.3 Å². The third-order valence-corrected chi connectivity index (χ3v) is 3.33. The summed E-state index contributed by atoms with van der Waals surface area (Å²) < 4.78 is 0. The second kappa shape index (κ2) is 7.67. The van der Waals surface area contributed by atoms with Gasteiger partial charge in [-0.05, 0) is 36.8 Å². The second-order valence-corrected chi connectivity index (χ2v) is 4.75. The smallest absolute Gasteiger partial charge is 0.0961 e. The molecule has 0 spiro atoms. The van der Waals surface area contributed by atoms with E-state index >= 15 is 0 Å². The Morgan fingerprint density at radius 1 is 1.00 bits per heavy atom. The summed E-state index contributed by atoms with van der Waals surface area (Å²) in [5.74, 6) is 0. The van der Waals surface area contributed by atoms with E-state index in [0.29, 0.717) is 0 Å². The zero-order valence-corrected chi connectivity index (χ0v) is 10.8. The molecule has 1 aliphatic rings. The zero-order valence-electron chi connectivity index (χ0n) is 10.8. The lowest BCUT2D eigenvalue weighted by molar-refractivity contribution is 0.254. The van der Waals surface area contributed by atoms with Gasteiger partial charge in [0.15, 0.2) is 0 Å². The van der Waals surface area contributed by atoms with Crippen LogP contribution in [0.4, 0.5) is 0 Å². The minimum Gasteiger partial charge on any atom is -0.384 e. The molecule has 16 heavy (non-hydrogen) atoms. The van der Waals surface area contributed by atoms with Gasteiger partial charge in [-0.15, -0.1) is 0 Å². The van der Waals surface area contributed by atoms with E-state index in [0.717, 1.165) is 25.7 Å². The minimum absolute atomic E-state index is 0.256. The first kappa shape index (κ1) is 13.5. The van der Waals surface area contributed by atoms with E-state index in [4.69, 9.17) is 0 Å². The van der Waals surface area contributed by atoms with Gasteiger partial charge in [0.05, 0.1) is 6.10 Å². The Morgan fingerprint density at radius 2 is 1.44 bits per heavy atom. The van der Waals surface area contributed by atoms with Crippen LogP contribution in [0.3, 0.4) is 0 Å². The van der Waals surface area contributed by atoms with Crippen LogP contribution in [0.2, 0.25) is 0 Å². The molecule has 0 aromatic rings. The number of allylic oxidation sites excluding steroid dienone is 2. The molecular weight excluding hydrogens is 196 g/mol. The normalized spacial score (nSPS) is 25.8. The molecule has 1 fully saturated rings. The molecule has 1 heteroatoms. The van der Waals surface area contributed by atoms with Crippen molar-refractivity contribution in [3.63, 3.8) is 0 Å². The van der Waals surface area contributed by atoms with Gasteiger partial charge in [0.1, 0.15) is 0 Å². The number of aliphatic hydroxyl groups is 1.